The molecule has 4 heteroatoms. The van der Waals surface area contributed by atoms with Crippen LogP contribution >= 0.6 is 0 Å². The predicted octanol–water partition coefficient (Wildman–Crippen LogP) is 0.788. The summed E-state index contributed by atoms with van der Waals surface area (Å²) in [6.07, 6.45) is 6.13. The van der Waals surface area contributed by atoms with E-state index < -0.39 is 9.84 Å². The smallest absolute Gasteiger partial charge is 0.155 e. The quantitative estimate of drug-likeness (QED) is 0.659. The number of sulfone groups is 1. The lowest BCUT2D eigenvalue weighted by molar-refractivity contribution is 0.603. The largest absolute Gasteiger partial charge is 0.265 e. The van der Waals surface area contributed by atoms with Crippen LogP contribution in [0.1, 0.15) is 5.56 Å². The Bertz CT molecular complexity index is 318. The van der Waals surface area contributed by atoms with E-state index in [4.69, 9.17) is 0 Å². The van der Waals surface area contributed by atoms with Crippen molar-refractivity contribution in [2.75, 3.05) is 0 Å². The number of hydrogen-bond donors (Lipinski definition) is 0. The molecule has 0 bridgehead atoms. The second kappa shape index (κ2) is 3.00. The van der Waals surface area contributed by atoms with Crippen LogP contribution in [0.4, 0.5) is 0 Å². The summed E-state index contributed by atoms with van der Waals surface area (Å²) in [6.45, 7) is 0. The van der Waals surface area contributed by atoms with Gasteiger partial charge in [-0.15, -0.1) is 0 Å². The SMILES string of the molecule is [CH2]S(=O)(=O)Cc1ccncc1. The monoisotopic (exact) mass is 170 g/mol. The van der Waals surface area contributed by atoms with Crippen molar-refractivity contribution in [2.45, 2.75) is 5.75 Å². The molecule has 1 aromatic rings. The second-order valence-electron chi connectivity index (χ2n) is 2.24. The van der Waals surface area contributed by atoms with Crippen LogP contribution in [0, 0.1) is 6.26 Å². The molecule has 0 aliphatic carbocycles. The van der Waals surface area contributed by atoms with Crippen LogP contribution in [0.3, 0.4) is 0 Å². The van der Waals surface area contributed by atoms with Gasteiger partial charge in [0.2, 0.25) is 0 Å². The van der Waals surface area contributed by atoms with Gasteiger partial charge in [-0.3, -0.25) is 4.98 Å². The molecule has 1 aromatic heterocycles. The first-order valence-corrected chi connectivity index (χ1v) is 4.85. The molecule has 0 spiro atoms. The molecular weight excluding hydrogens is 162 g/mol. The zero-order valence-corrected chi connectivity index (χ0v) is 6.71. The fourth-order valence-electron chi connectivity index (χ4n) is 0.733. The van der Waals surface area contributed by atoms with Crippen LogP contribution in [-0.2, 0) is 15.6 Å². The van der Waals surface area contributed by atoms with Crippen molar-refractivity contribution in [3.05, 3.63) is 36.3 Å². The first-order chi connectivity index (χ1) is 5.08. The summed E-state index contributed by atoms with van der Waals surface area (Å²) >= 11 is 0. The Morgan fingerprint density at radius 2 is 1.91 bits per heavy atom. The highest BCUT2D eigenvalue weighted by Gasteiger charge is 2.02. The normalized spacial score (nSPS) is 11.4. The molecule has 0 saturated heterocycles. The van der Waals surface area contributed by atoms with Gasteiger partial charge in [0.15, 0.2) is 9.84 Å². The van der Waals surface area contributed by atoms with Crippen molar-refractivity contribution in [2.24, 2.45) is 0 Å². The maximum Gasteiger partial charge on any atom is 0.155 e. The molecule has 0 unspecified atom stereocenters. The molecule has 0 fully saturated rings. The topological polar surface area (TPSA) is 47.0 Å². The summed E-state index contributed by atoms with van der Waals surface area (Å²) in [5, 5.41) is 0. The Hall–Kier alpha value is -0.900. The van der Waals surface area contributed by atoms with Gasteiger partial charge in [0.25, 0.3) is 0 Å². The maximum atomic E-state index is 10.7. The van der Waals surface area contributed by atoms with Gasteiger partial charge in [-0.25, -0.2) is 8.42 Å². The van der Waals surface area contributed by atoms with Gasteiger partial charge in [0.1, 0.15) is 0 Å². The van der Waals surface area contributed by atoms with Crippen molar-refractivity contribution in [3.63, 3.8) is 0 Å². The van der Waals surface area contributed by atoms with E-state index in [1.54, 1.807) is 24.5 Å². The molecule has 0 atom stereocenters. The Morgan fingerprint density at radius 1 is 1.36 bits per heavy atom. The van der Waals surface area contributed by atoms with Crippen molar-refractivity contribution < 1.29 is 8.42 Å². The highest BCUT2D eigenvalue weighted by Crippen LogP contribution is 2.02. The zero-order valence-electron chi connectivity index (χ0n) is 5.90. The van der Waals surface area contributed by atoms with Gasteiger partial charge in [-0.05, 0) is 17.7 Å². The van der Waals surface area contributed by atoms with Gasteiger partial charge >= 0.3 is 0 Å². The van der Waals surface area contributed by atoms with Crippen LogP contribution in [0.2, 0.25) is 0 Å². The van der Waals surface area contributed by atoms with Gasteiger partial charge < -0.3 is 0 Å². The lowest BCUT2D eigenvalue weighted by atomic mass is 10.3. The average molecular weight is 170 g/mol. The molecule has 59 valence electrons. The van der Waals surface area contributed by atoms with E-state index in [-0.39, 0.29) is 5.75 Å². The number of pyridine rings is 1. The summed E-state index contributed by atoms with van der Waals surface area (Å²) in [6, 6.07) is 3.31. The molecule has 3 nitrogen and oxygen atoms in total. The van der Waals surface area contributed by atoms with Crippen LogP contribution < -0.4 is 0 Å². The van der Waals surface area contributed by atoms with Crippen molar-refractivity contribution in [1.29, 1.82) is 0 Å². The van der Waals surface area contributed by atoms with E-state index in [2.05, 4.69) is 11.2 Å². The van der Waals surface area contributed by atoms with Crippen molar-refractivity contribution >= 4 is 9.84 Å². The van der Waals surface area contributed by atoms with E-state index >= 15 is 0 Å². The minimum atomic E-state index is -3.15. The summed E-state index contributed by atoms with van der Waals surface area (Å²) in [4.78, 5) is 3.76. The molecule has 0 N–H and O–H groups in total. The third-order valence-electron chi connectivity index (χ3n) is 1.14. The maximum absolute atomic E-state index is 10.7. The minimum Gasteiger partial charge on any atom is -0.265 e. The third-order valence-corrected chi connectivity index (χ3v) is 1.91. The second-order valence-corrected chi connectivity index (χ2v) is 4.02. The summed E-state index contributed by atoms with van der Waals surface area (Å²) in [5.41, 5.74) is 0.718. The molecule has 1 rings (SSSR count). The van der Waals surface area contributed by atoms with Gasteiger partial charge in [0, 0.05) is 12.4 Å². The molecule has 0 amide bonds. The molecule has 0 aliphatic heterocycles. The van der Waals surface area contributed by atoms with Crippen LogP contribution in [0.5, 0.6) is 0 Å². The first kappa shape index (κ1) is 8.20. The predicted molar refractivity (Wildman–Crippen MR) is 42.2 cm³/mol. The third kappa shape index (κ3) is 3.13. The molecule has 0 saturated carbocycles. The molecule has 1 heterocycles. The number of nitrogens with zero attached hydrogens (tertiary/aromatic N) is 1. The Morgan fingerprint density at radius 3 is 2.36 bits per heavy atom. The molecule has 0 aromatic carbocycles. The molecule has 11 heavy (non-hydrogen) atoms. The Balaban J connectivity index is 2.82. The van der Waals surface area contributed by atoms with Gasteiger partial charge in [-0.2, -0.15) is 0 Å². The summed E-state index contributed by atoms with van der Waals surface area (Å²) < 4.78 is 21.3. The number of aromatic nitrogens is 1. The van der Waals surface area contributed by atoms with E-state index in [1.165, 1.54) is 0 Å². The van der Waals surface area contributed by atoms with E-state index in [0.717, 1.165) is 5.56 Å². The van der Waals surface area contributed by atoms with Crippen LogP contribution in [-0.4, -0.2) is 13.4 Å². The standard InChI is InChI=1S/C7H8NO2S/c1-11(9,10)6-7-2-4-8-5-3-7/h2-5H,1,6H2. The fraction of sp³-hybridized carbons (Fsp3) is 0.143. The van der Waals surface area contributed by atoms with Gasteiger partial charge in [0.05, 0.1) is 12.0 Å². The van der Waals surface area contributed by atoms with E-state index in [1.807, 2.05) is 0 Å². The minimum absolute atomic E-state index is 0.0183. The summed E-state index contributed by atoms with van der Waals surface area (Å²) in [5.74, 6) is -0.0183. The molecule has 1 radical (unpaired) electrons. The molecule has 0 aliphatic rings. The lowest BCUT2D eigenvalue weighted by Gasteiger charge is -1.95. The van der Waals surface area contributed by atoms with Crippen molar-refractivity contribution in [1.82, 2.24) is 4.98 Å². The zero-order chi connectivity index (χ0) is 8.32. The molecular formula is C7H8NO2S. The Kier molecular flexibility index (Phi) is 2.24. The fourth-order valence-corrected chi connectivity index (χ4v) is 1.43. The average Bonchev–Trinajstić information content (AvgIpc) is 1.85. The Labute approximate surface area is 66.0 Å². The summed E-state index contributed by atoms with van der Waals surface area (Å²) in [7, 11) is -3.15. The number of rotatable bonds is 2. The highest BCUT2D eigenvalue weighted by molar-refractivity contribution is 7.91. The van der Waals surface area contributed by atoms with Crippen LogP contribution in [0.15, 0.2) is 24.5 Å². The van der Waals surface area contributed by atoms with Gasteiger partial charge in [-0.1, -0.05) is 0 Å². The van der Waals surface area contributed by atoms with E-state index in [0.29, 0.717) is 0 Å². The lowest BCUT2D eigenvalue weighted by Crippen LogP contribution is -1.97. The highest BCUT2D eigenvalue weighted by atomic mass is 32.2. The van der Waals surface area contributed by atoms with E-state index in [9.17, 15) is 8.42 Å². The van der Waals surface area contributed by atoms with Crippen LogP contribution in [0.25, 0.3) is 0 Å². The first-order valence-electron chi connectivity index (χ1n) is 3.02. The number of hydrogen-bond acceptors (Lipinski definition) is 3. The van der Waals surface area contributed by atoms with Crippen molar-refractivity contribution in [3.8, 4) is 0 Å².